The smallest absolute Gasteiger partial charge is 0.102 e. The average Bonchev–Trinajstić information content (AvgIpc) is 3.52. The molecule has 1 aromatic heterocycles. The van der Waals surface area contributed by atoms with E-state index in [1.54, 1.807) is 21.6 Å². The van der Waals surface area contributed by atoms with Crippen LogP contribution in [0.4, 0.5) is 0 Å². The summed E-state index contributed by atoms with van der Waals surface area (Å²) in [6, 6.07) is 15.6. The minimum Gasteiger partial charge on any atom is -0.370 e. The van der Waals surface area contributed by atoms with E-state index in [1.165, 1.54) is 21.8 Å². The maximum absolute atomic E-state index is 4.75. The van der Waals surface area contributed by atoms with Crippen LogP contribution in [0.5, 0.6) is 0 Å². The normalized spacial score (nSPS) is 31.3. The Balaban J connectivity index is 1.33. The molecule has 0 fully saturated rings. The van der Waals surface area contributed by atoms with E-state index in [1.807, 2.05) is 36.4 Å². The van der Waals surface area contributed by atoms with Gasteiger partial charge in [0.2, 0.25) is 0 Å². The van der Waals surface area contributed by atoms with Crippen molar-refractivity contribution in [1.82, 2.24) is 15.6 Å². The van der Waals surface area contributed by atoms with Gasteiger partial charge < -0.3 is 10.6 Å². The summed E-state index contributed by atoms with van der Waals surface area (Å²) in [4.78, 5) is 9.25. The molecule has 0 radical (unpaired) electrons. The lowest BCUT2D eigenvalue weighted by Crippen LogP contribution is -2.50. The summed E-state index contributed by atoms with van der Waals surface area (Å²) < 4.78 is 0. The van der Waals surface area contributed by atoms with E-state index in [0.717, 1.165) is 31.4 Å². The first-order valence-electron chi connectivity index (χ1n) is 13.9. The second-order valence-corrected chi connectivity index (χ2v) is 13.4. The highest BCUT2D eigenvalue weighted by molar-refractivity contribution is 8.04. The molecule has 8 rings (SSSR count). The fourth-order valence-electron chi connectivity index (χ4n) is 7.60. The van der Waals surface area contributed by atoms with Crippen molar-refractivity contribution < 1.29 is 0 Å². The molecule has 4 unspecified atom stereocenters. The molecule has 3 aliphatic heterocycles. The summed E-state index contributed by atoms with van der Waals surface area (Å²) in [5.74, 6) is 0.962. The summed E-state index contributed by atoms with van der Waals surface area (Å²) in [5.41, 5.74) is 7.29. The number of rotatable bonds is 2. The minimum atomic E-state index is -0.0599. The monoisotopic (exact) mass is 533 g/mol. The van der Waals surface area contributed by atoms with E-state index < -0.39 is 0 Å². The highest BCUT2D eigenvalue weighted by atomic mass is 32.2. The third-order valence-corrected chi connectivity index (χ3v) is 11.8. The summed E-state index contributed by atoms with van der Waals surface area (Å²) in [6.07, 6.45) is 24.3. The molecule has 3 nitrogen and oxygen atoms in total. The van der Waals surface area contributed by atoms with Crippen molar-refractivity contribution in [2.75, 3.05) is 0 Å². The third kappa shape index (κ3) is 3.41. The molecule has 3 aliphatic carbocycles. The fraction of sp³-hybridized carbons (Fsp3) is 0.303. The Bertz CT molecular complexity index is 1470. The quantitative estimate of drug-likeness (QED) is 0.419. The van der Waals surface area contributed by atoms with Gasteiger partial charge in [-0.15, -0.1) is 11.8 Å². The lowest BCUT2D eigenvalue weighted by atomic mass is 9.55. The van der Waals surface area contributed by atoms with Crippen molar-refractivity contribution in [2.24, 2.45) is 11.8 Å². The van der Waals surface area contributed by atoms with Crippen molar-refractivity contribution in [3.63, 3.8) is 0 Å². The third-order valence-electron chi connectivity index (χ3n) is 9.17. The maximum atomic E-state index is 4.75. The molecule has 6 aliphatic rings. The Labute approximate surface area is 233 Å². The second-order valence-electron chi connectivity index (χ2n) is 11.0. The molecule has 0 amide bonds. The first-order chi connectivity index (χ1) is 18.8. The zero-order valence-corrected chi connectivity index (χ0v) is 22.9. The van der Waals surface area contributed by atoms with Crippen LogP contribution in [0.2, 0.25) is 0 Å². The maximum Gasteiger partial charge on any atom is 0.102 e. The Morgan fingerprint density at radius 2 is 1.87 bits per heavy atom. The van der Waals surface area contributed by atoms with Gasteiger partial charge in [0.25, 0.3) is 0 Å². The van der Waals surface area contributed by atoms with Gasteiger partial charge in [0.1, 0.15) is 6.17 Å². The van der Waals surface area contributed by atoms with Gasteiger partial charge in [-0.05, 0) is 83.4 Å². The first kappa shape index (κ1) is 23.0. The predicted molar refractivity (Wildman–Crippen MR) is 159 cm³/mol. The highest BCUT2D eigenvalue weighted by Crippen LogP contribution is 2.66. The molecule has 1 aromatic carbocycles. The number of fused-ring (bicyclic) bond motifs is 6. The van der Waals surface area contributed by atoms with E-state index in [2.05, 4.69) is 89.2 Å². The lowest BCUT2D eigenvalue weighted by Gasteiger charge is -2.56. The van der Waals surface area contributed by atoms with Gasteiger partial charge in [-0.3, -0.25) is 4.98 Å². The van der Waals surface area contributed by atoms with E-state index >= 15 is 0 Å². The first-order valence-corrected chi connectivity index (χ1v) is 15.6. The molecule has 4 heterocycles. The molecule has 0 bridgehead atoms. The van der Waals surface area contributed by atoms with Gasteiger partial charge in [0.15, 0.2) is 0 Å². The standard InChI is InChI=1S/C33H31N3S2/c1-3-10-28-23(7-1)33(24-8-2-4-11-29(24)37-28)25-14-12-21(27-9-5-6-16-34-27)19-30(25)38-31-20-22(13-15-26(31)33)32-35-17-18-36-32/h1,3-7,9-11,13,15-19,22,25,30,32,35-36H,2,8,12,14,20H2. The molecule has 5 heteroatoms. The summed E-state index contributed by atoms with van der Waals surface area (Å²) in [5, 5.41) is 7.48. The van der Waals surface area contributed by atoms with Gasteiger partial charge in [0.05, 0.1) is 5.69 Å². The number of thioether (sulfide) groups is 2. The molecule has 2 N–H and O–H groups in total. The topological polar surface area (TPSA) is 37.0 Å². The molecule has 190 valence electrons. The molecule has 1 spiro atoms. The summed E-state index contributed by atoms with van der Waals surface area (Å²) >= 11 is 4.13. The van der Waals surface area contributed by atoms with Crippen LogP contribution in [0.25, 0.3) is 5.57 Å². The van der Waals surface area contributed by atoms with Crippen LogP contribution in [0.3, 0.4) is 0 Å². The van der Waals surface area contributed by atoms with E-state index in [0.29, 0.717) is 17.1 Å². The number of hydrogen-bond donors (Lipinski definition) is 2. The Morgan fingerprint density at radius 1 is 0.974 bits per heavy atom. The van der Waals surface area contributed by atoms with Crippen molar-refractivity contribution in [1.29, 1.82) is 0 Å². The SMILES string of the molecule is C1=CC2=C(CC1)C1(C3=C(CC(C4NC=CN4)C=C3)SC3C=C(c4ccccn4)CCC31)c1ccccc1S2. The van der Waals surface area contributed by atoms with E-state index in [4.69, 9.17) is 4.98 Å². The number of aromatic nitrogens is 1. The van der Waals surface area contributed by atoms with Crippen LogP contribution < -0.4 is 10.6 Å². The van der Waals surface area contributed by atoms with Crippen molar-refractivity contribution >= 4 is 29.1 Å². The van der Waals surface area contributed by atoms with Gasteiger partial charge >= 0.3 is 0 Å². The largest absolute Gasteiger partial charge is 0.370 e. The predicted octanol–water partition coefficient (Wildman–Crippen LogP) is 7.46. The number of hydrogen-bond acceptors (Lipinski definition) is 5. The summed E-state index contributed by atoms with van der Waals surface area (Å²) in [6.45, 7) is 0. The fourth-order valence-corrected chi connectivity index (χ4v) is 10.6. The number of pyridine rings is 1. The number of allylic oxidation sites excluding steroid dienone is 7. The van der Waals surface area contributed by atoms with Crippen LogP contribution in [-0.4, -0.2) is 16.4 Å². The summed E-state index contributed by atoms with van der Waals surface area (Å²) in [7, 11) is 0. The molecule has 0 saturated heterocycles. The minimum absolute atomic E-state index is 0.0599. The van der Waals surface area contributed by atoms with Gasteiger partial charge in [0, 0.05) is 45.0 Å². The molecular formula is C33H31N3S2. The van der Waals surface area contributed by atoms with Gasteiger partial charge in [-0.25, -0.2) is 0 Å². The number of nitrogens with one attached hydrogen (secondary N) is 2. The molecule has 38 heavy (non-hydrogen) atoms. The number of benzene rings is 1. The molecule has 2 aromatic rings. The Hall–Kier alpha value is -2.89. The molecule has 4 atom stereocenters. The average molecular weight is 534 g/mol. The van der Waals surface area contributed by atoms with E-state index in [9.17, 15) is 0 Å². The molecular weight excluding hydrogens is 503 g/mol. The van der Waals surface area contributed by atoms with Crippen LogP contribution in [0.15, 0.2) is 117 Å². The van der Waals surface area contributed by atoms with Gasteiger partial charge in [-0.1, -0.05) is 66.4 Å². The van der Waals surface area contributed by atoms with Crippen molar-refractivity contribution in [2.45, 2.75) is 53.8 Å². The Morgan fingerprint density at radius 3 is 2.76 bits per heavy atom. The highest BCUT2D eigenvalue weighted by Gasteiger charge is 2.56. The van der Waals surface area contributed by atoms with E-state index in [-0.39, 0.29) is 11.6 Å². The van der Waals surface area contributed by atoms with Crippen molar-refractivity contribution in [3.8, 4) is 0 Å². The van der Waals surface area contributed by atoms with Crippen LogP contribution in [-0.2, 0) is 5.41 Å². The number of nitrogens with zero attached hydrogens (tertiary/aromatic N) is 1. The van der Waals surface area contributed by atoms with Crippen LogP contribution >= 0.6 is 23.5 Å². The van der Waals surface area contributed by atoms with Crippen molar-refractivity contribution in [3.05, 3.63) is 124 Å². The van der Waals surface area contributed by atoms with Crippen LogP contribution in [0, 0.1) is 11.8 Å². The van der Waals surface area contributed by atoms with Gasteiger partial charge in [-0.2, -0.15) is 0 Å². The van der Waals surface area contributed by atoms with Crippen LogP contribution in [0.1, 0.15) is 43.4 Å². The zero-order valence-electron chi connectivity index (χ0n) is 21.3. The zero-order chi connectivity index (χ0) is 25.1. The molecule has 0 saturated carbocycles. The second kappa shape index (κ2) is 9.10. The lowest BCUT2D eigenvalue weighted by molar-refractivity contribution is 0.323. The Kier molecular flexibility index (Phi) is 5.52.